The van der Waals surface area contributed by atoms with Gasteiger partial charge in [0.1, 0.15) is 11.2 Å². The molecule has 11 aromatic rings. The molecule has 1 aromatic heterocycles. The maximum atomic E-state index is 6.31. The van der Waals surface area contributed by atoms with Crippen LogP contribution in [0.1, 0.15) is 0 Å². The molecule has 0 spiro atoms. The molecule has 0 aliphatic rings. The molecule has 0 amide bonds. The third-order valence-electron chi connectivity index (χ3n) is 11.5. The topological polar surface area (TPSA) is 16.4 Å². The van der Waals surface area contributed by atoms with Crippen molar-refractivity contribution in [1.82, 2.24) is 0 Å². The van der Waals surface area contributed by atoms with Crippen molar-refractivity contribution in [3.63, 3.8) is 0 Å². The van der Waals surface area contributed by atoms with Crippen molar-refractivity contribution in [3.05, 3.63) is 224 Å². The van der Waals surface area contributed by atoms with Gasteiger partial charge in [0.25, 0.3) is 0 Å². The van der Waals surface area contributed by atoms with E-state index in [2.05, 4.69) is 229 Å². The molecule has 0 fully saturated rings. The summed E-state index contributed by atoms with van der Waals surface area (Å²) < 4.78 is 6.31. The van der Waals surface area contributed by atoms with Crippen molar-refractivity contribution >= 4 is 49.8 Å². The molecule has 0 N–H and O–H groups in total. The van der Waals surface area contributed by atoms with Gasteiger partial charge in [-0.25, -0.2) is 0 Å². The molecule has 0 atom stereocenters. The lowest BCUT2D eigenvalue weighted by Gasteiger charge is -2.26. The van der Waals surface area contributed by atoms with E-state index in [0.29, 0.717) is 0 Å². The highest BCUT2D eigenvalue weighted by molar-refractivity contribution is 6.22. The van der Waals surface area contributed by atoms with Crippen LogP contribution >= 0.6 is 0 Å². The summed E-state index contributed by atoms with van der Waals surface area (Å²) in [6.45, 7) is 0. The summed E-state index contributed by atoms with van der Waals surface area (Å²) in [5, 5.41) is 4.86. The Balaban J connectivity index is 0.857. The molecule has 0 saturated heterocycles. The van der Waals surface area contributed by atoms with Gasteiger partial charge < -0.3 is 9.32 Å². The number of nitrogens with zero attached hydrogens (tertiary/aromatic N) is 1. The number of furan rings is 1. The normalized spacial score (nSPS) is 11.4. The average Bonchev–Trinajstić information content (AvgIpc) is 3.69. The van der Waals surface area contributed by atoms with Crippen molar-refractivity contribution < 1.29 is 4.42 Å². The van der Waals surface area contributed by atoms with Gasteiger partial charge in [-0.15, -0.1) is 0 Å². The molecule has 0 radical (unpaired) electrons. The molecule has 272 valence electrons. The van der Waals surface area contributed by atoms with Gasteiger partial charge in [-0.05, 0) is 121 Å². The van der Waals surface area contributed by atoms with Crippen LogP contribution in [0.5, 0.6) is 0 Å². The first-order chi connectivity index (χ1) is 28.7. The molecule has 0 aliphatic heterocycles. The molecule has 2 heteroatoms. The molecule has 0 aliphatic carbocycles. The Hall–Kier alpha value is -7.68. The third kappa shape index (κ3) is 6.09. The predicted octanol–water partition coefficient (Wildman–Crippen LogP) is 16.0. The first-order valence-electron chi connectivity index (χ1n) is 19.8. The van der Waals surface area contributed by atoms with Crippen molar-refractivity contribution in [2.45, 2.75) is 0 Å². The van der Waals surface area contributed by atoms with Crippen molar-refractivity contribution in [1.29, 1.82) is 0 Å². The molecular formula is C56H37NO. The summed E-state index contributed by atoms with van der Waals surface area (Å²) in [6, 6.07) is 80.6. The maximum absolute atomic E-state index is 6.31. The standard InChI is InChI=1S/C56H37NO/c1-3-8-38(9-4-1)43-24-30-50(31-25-43)57(51-32-26-44(27-33-51)39-10-5-2-6-11-39)52-34-28-45(29-35-52)42-16-14-40(15-17-42)41-18-20-46(21-19-41)49-36-48-23-22-47-12-7-13-53-55(47)56(48)54(37-49)58-53/h1-37H. The van der Waals surface area contributed by atoms with Crippen LogP contribution in [0.2, 0.25) is 0 Å². The van der Waals surface area contributed by atoms with Crippen molar-refractivity contribution in [3.8, 4) is 55.6 Å². The Bertz CT molecular complexity index is 3060. The first-order valence-corrected chi connectivity index (χ1v) is 19.8. The van der Waals surface area contributed by atoms with Crippen LogP contribution in [0.25, 0.3) is 88.3 Å². The highest BCUT2D eigenvalue weighted by atomic mass is 16.3. The van der Waals surface area contributed by atoms with E-state index in [1.807, 2.05) is 0 Å². The minimum atomic E-state index is 0.940. The zero-order valence-corrected chi connectivity index (χ0v) is 31.7. The highest BCUT2D eigenvalue weighted by Gasteiger charge is 2.16. The summed E-state index contributed by atoms with van der Waals surface area (Å²) in [6.07, 6.45) is 0. The van der Waals surface area contributed by atoms with Crippen molar-refractivity contribution in [2.75, 3.05) is 4.90 Å². The number of hydrogen-bond donors (Lipinski definition) is 0. The van der Waals surface area contributed by atoms with E-state index in [9.17, 15) is 0 Å². The molecule has 58 heavy (non-hydrogen) atoms. The minimum absolute atomic E-state index is 0.940. The Morgan fingerprint density at radius 2 is 0.603 bits per heavy atom. The lowest BCUT2D eigenvalue weighted by atomic mass is 9.95. The van der Waals surface area contributed by atoms with Crippen molar-refractivity contribution in [2.24, 2.45) is 0 Å². The summed E-state index contributed by atoms with van der Waals surface area (Å²) in [5.74, 6) is 0. The summed E-state index contributed by atoms with van der Waals surface area (Å²) in [5.41, 5.74) is 17.1. The smallest absolute Gasteiger partial charge is 0.136 e. The fourth-order valence-electron chi connectivity index (χ4n) is 8.45. The molecule has 0 saturated carbocycles. The lowest BCUT2D eigenvalue weighted by Crippen LogP contribution is -2.09. The Kier molecular flexibility index (Phi) is 8.19. The molecule has 2 nitrogen and oxygen atoms in total. The van der Waals surface area contributed by atoms with Crippen LogP contribution in [-0.4, -0.2) is 0 Å². The second-order valence-electron chi connectivity index (χ2n) is 15.0. The molecular weight excluding hydrogens is 703 g/mol. The zero-order valence-electron chi connectivity index (χ0n) is 31.7. The Labute approximate surface area is 337 Å². The van der Waals surface area contributed by atoms with Gasteiger partial charge in [-0.3, -0.25) is 0 Å². The second-order valence-corrected chi connectivity index (χ2v) is 15.0. The van der Waals surface area contributed by atoms with E-state index in [4.69, 9.17) is 4.42 Å². The van der Waals surface area contributed by atoms with Crippen LogP contribution < -0.4 is 4.90 Å². The van der Waals surface area contributed by atoms with E-state index in [1.54, 1.807) is 0 Å². The SMILES string of the molecule is c1ccc(-c2ccc(N(c3ccc(-c4ccccc4)cc3)c3ccc(-c4ccc(-c5ccc(-c6cc7ccc8cccc9oc(c6)c7c89)cc5)cc4)cc3)cc2)cc1. The third-order valence-corrected chi connectivity index (χ3v) is 11.5. The van der Waals surface area contributed by atoms with E-state index >= 15 is 0 Å². The quantitative estimate of drug-likeness (QED) is 0.144. The number of benzene rings is 10. The van der Waals surface area contributed by atoms with E-state index in [0.717, 1.165) is 33.8 Å². The Morgan fingerprint density at radius 1 is 0.241 bits per heavy atom. The van der Waals surface area contributed by atoms with Gasteiger partial charge in [0, 0.05) is 27.8 Å². The van der Waals surface area contributed by atoms with Gasteiger partial charge >= 0.3 is 0 Å². The number of hydrogen-bond acceptors (Lipinski definition) is 2. The molecule has 11 rings (SSSR count). The lowest BCUT2D eigenvalue weighted by molar-refractivity contribution is 0.669. The summed E-state index contributed by atoms with van der Waals surface area (Å²) >= 11 is 0. The van der Waals surface area contributed by atoms with Crippen LogP contribution in [0.4, 0.5) is 17.1 Å². The molecule has 10 aromatic carbocycles. The fourth-order valence-corrected chi connectivity index (χ4v) is 8.45. The van der Waals surface area contributed by atoms with Gasteiger partial charge in [-0.1, -0.05) is 170 Å². The molecule has 0 unspecified atom stereocenters. The number of anilines is 3. The van der Waals surface area contributed by atoms with Crippen LogP contribution in [0.15, 0.2) is 229 Å². The second kappa shape index (κ2) is 14.1. The van der Waals surface area contributed by atoms with E-state index in [1.165, 1.54) is 71.6 Å². The van der Waals surface area contributed by atoms with E-state index in [-0.39, 0.29) is 0 Å². The highest BCUT2D eigenvalue weighted by Crippen LogP contribution is 2.41. The average molecular weight is 740 g/mol. The van der Waals surface area contributed by atoms with Crippen LogP contribution in [0, 0.1) is 0 Å². The van der Waals surface area contributed by atoms with Crippen LogP contribution in [-0.2, 0) is 0 Å². The van der Waals surface area contributed by atoms with Gasteiger partial charge in [0.15, 0.2) is 0 Å². The minimum Gasteiger partial charge on any atom is -0.456 e. The number of rotatable bonds is 8. The Morgan fingerprint density at radius 3 is 1.05 bits per heavy atom. The molecule has 1 heterocycles. The van der Waals surface area contributed by atoms with Gasteiger partial charge in [-0.2, -0.15) is 0 Å². The molecule has 0 bridgehead atoms. The predicted molar refractivity (Wildman–Crippen MR) is 244 cm³/mol. The maximum Gasteiger partial charge on any atom is 0.136 e. The van der Waals surface area contributed by atoms with E-state index < -0.39 is 0 Å². The zero-order chi connectivity index (χ0) is 38.4. The fraction of sp³-hybridized carbons (Fsp3) is 0. The van der Waals surface area contributed by atoms with Gasteiger partial charge in [0.05, 0.1) is 0 Å². The monoisotopic (exact) mass is 739 g/mol. The summed E-state index contributed by atoms with van der Waals surface area (Å²) in [7, 11) is 0. The van der Waals surface area contributed by atoms with Gasteiger partial charge in [0.2, 0.25) is 0 Å². The largest absolute Gasteiger partial charge is 0.456 e. The first kappa shape index (κ1) is 33.6. The summed E-state index contributed by atoms with van der Waals surface area (Å²) in [4.78, 5) is 2.33. The van der Waals surface area contributed by atoms with Crippen LogP contribution in [0.3, 0.4) is 0 Å².